The molecule has 0 fully saturated rings. The molecule has 0 heterocycles. The molecular weight excluding hydrogens is 210 g/mol. The van der Waals surface area contributed by atoms with Crippen LogP contribution in [0.3, 0.4) is 0 Å². The zero-order valence-electron chi connectivity index (χ0n) is 13.0. The quantitative estimate of drug-likeness (QED) is 0.699. The summed E-state index contributed by atoms with van der Waals surface area (Å²) in [7, 11) is 0. The highest BCUT2D eigenvalue weighted by molar-refractivity contribution is 4.89. The largest absolute Gasteiger partial charge is 0.376 e. The molecule has 3 unspecified atom stereocenters. The highest BCUT2D eigenvalue weighted by Crippen LogP contribution is 2.29. The van der Waals surface area contributed by atoms with Gasteiger partial charge in [0.25, 0.3) is 0 Å². The first-order chi connectivity index (χ1) is 7.88. The molecule has 17 heavy (non-hydrogen) atoms. The van der Waals surface area contributed by atoms with Crippen LogP contribution in [0.15, 0.2) is 0 Å². The highest BCUT2D eigenvalue weighted by atomic mass is 16.5. The van der Waals surface area contributed by atoms with Crippen molar-refractivity contribution in [3.05, 3.63) is 0 Å². The Labute approximate surface area is 109 Å². The summed E-state index contributed by atoms with van der Waals surface area (Å²) in [6, 6.07) is 0.458. The molecule has 104 valence electrons. The number of ether oxygens (including phenoxy) is 1. The third kappa shape index (κ3) is 5.87. The molecular formula is C15H33NO. The van der Waals surface area contributed by atoms with E-state index in [1.54, 1.807) is 0 Å². The van der Waals surface area contributed by atoms with Crippen LogP contribution in [0.25, 0.3) is 0 Å². The first-order valence-electron chi connectivity index (χ1n) is 7.23. The van der Waals surface area contributed by atoms with E-state index in [0.29, 0.717) is 12.0 Å². The van der Waals surface area contributed by atoms with E-state index in [9.17, 15) is 0 Å². The predicted molar refractivity (Wildman–Crippen MR) is 76.4 cm³/mol. The van der Waals surface area contributed by atoms with Gasteiger partial charge in [-0.3, -0.25) is 0 Å². The molecule has 0 radical (unpaired) electrons. The fourth-order valence-electron chi connectivity index (χ4n) is 2.24. The molecule has 3 atom stereocenters. The molecule has 1 N–H and O–H groups in total. The van der Waals surface area contributed by atoms with Crippen LogP contribution >= 0.6 is 0 Å². The van der Waals surface area contributed by atoms with Crippen LogP contribution in [0.2, 0.25) is 0 Å². The van der Waals surface area contributed by atoms with E-state index in [2.05, 4.69) is 53.8 Å². The van der Waals surface area contributed by atoms with Gasteiger partial charge in [-0.2, -0.15) is 0 Å². The third-order valence-corrected chi connectivity index (χ3v) is 3.41. The van der Waals surface area contributed by atoms with Gasteiger partial charge in [0, 0.05) is 12.6 Å². The maximum atomic E-state index is 6.03. The fourth-order valence-corrected chi connectivity index (χ4v) is 2.24. The maximum Gasteiger partial charge on any atom is 0.0778 e. The summed E-state index contributed by atoms with van der Waals surface area (Å²) in [4.78, 5) is 0. The molecule has 0 aromatic carbocycles. The summed E-state index contributed by atoms with van der Waals surface area (Å²) in [6.07, 6.45) is 2.66. The molecule has 0 rings (SSSR count). The van der Waals surface area contributed by atoms with E-state index in [1.807, 2.05) is 0 Å². The van der Waals surface area contributed by atoms with Crippen LogP contribution in [0.5, 0.6) is 0 Å². The van der Waals surface area contributed by atoms with Crippen LogP contribution < -0.4 is 5.32 Å². The lowest BCUT2D eigenvalue weighted by Gasteiger charge is -2.40. The van der Waals surface area contributed by atoms with Crippen molar-refractivity contribution in [1.29, 1.82) is 0 Å². The summed E-state index contributed by atoms with van der Waals surface area (Å²) >= 11 is 0. The Morgan fingerprint density at radius 1 is 1.12 bits per heavy atom. The number of rotatable bonds is 8. The SMILES string of the molecule is CCCNC(C(C)CC)C(OCC)C(C)(C)C. The Morgan fingerprint density at radius 3 is 2.06 bits per heavy atom. The maximum absolute atomic E-state index is 6.03. The van der Waals surface area contributed by atoms with E-state index in [1.165, 1.54) is 12.8 Å². The smallest absolute Gasteiger partial charge is 0.0778 e. The van der Waals surface area contributed by atoms with Crippen molar-refractivity contribution in [1.82, 2.24) is 5.32 Å². The van der Waals surface area contributed by atoms with Crippen molar-refractivity contribution in [2.45, 2.75) is 73.5 Å². The fraction of sp³-hybridized carbons (Fsp3) is 1.00. The summed E-state index contributed by atoms with van der Waals surface area (Å²) in [5, 5.41) is 3.69. The molecule has 2 nitrogen and oxygen atoms in total. The van der Waals surface area contributed by atoms with Crippen LogP contribution in [0.1, 0.15) is 61.3 Å². The Bertz CT molecular complexity index is 186. The van der Waals surface area contributed by atoms with Crippen molar-refractivity contribution in [3.8, 4) is 0 Å². The molecule has 0 aliphatic carbocycles. The normalized spacial score (nSPS) is 17.8. The Hall–Kier alpha value is -0.0800. The second-order valence-electron chi connectivity index (χ2n) is 6.11. The van der Waals surface area contributed by atoms with Gasteiger partial charge in [-0.05, 0) is 31.2 Å². The van der Waals surface area contributed by atoms with Crippen LogP contribution in [-0.2, 0) is 4.74 Å². The zero-order valence-corrected chi connectivity index (χ0v) is 13.0. The minimum atomic E-state index is 0.185. The average Bonchev–Trinajstić information content (AvgIpc) is 2.26. The molecule has 2 heteroatoms. The van der Waals surface area contributed by atoms with E-state index >= 15 is 0 Å². The minimum Gasteiger partial charge on any atom is -0.376 e. The first kappa shape index (κ1) is 16.9. The van der Waals surface area contributed by atoms with E-state index in [4.69, 9.17) is 4.74 Å². The van der Waals surface area contributed by atoms with Gasteiger partial charge in [0.1, 0.15) is 0 Å². The van der Waals surface area contributed by atoms with Crippen molar-refractivity contribution >= 4 is 0 Å². The summed E-state index contributed by atoms with van der Waals surface area (Å²) in [5.41, 5.74) is 0.185. The summed E-state index contributed by atoms with van der Waals surface area (Å²) < 4.78 is 6.03. The topological polar surface area (TPSA) is 21.3 Å². The highest BCUT2D eigenvalue weighted by Gasteiger charge is 2.34. The monoisotopic (exact) mass is 243 g/mol. The Balaban J connectivity index is 4.79. The van der Waals surface area contributed by atoms with Crippen LogP contribution in [0, 0.1) is 11.3 Å². The molecule has 0 saturated heterocycles. The molecule has 0 amide bonds. The molecule has 0 spiro atoms. The van der Waals surface area contributed by atoms with Crippen LogP contribution in [0.4, 0.5) is 0 Å². The van der Waals surface area contributed by atoms with Gasteiger partial charge in [0.15, 0.2) is 0 Å². The average molecular weight is 243 g/mol. The lowest BCUT2D eigenvalue weighted by Crippen LogP contribution is -2.51. The molecule has 0 aliphatic rings. The summed E-state index contributed by atoms with van der Waals surface area (Å²) in [6.45, 7) is 17.6. The van der Waals surface area contributed by atoms with Crippen LogP contribution in [-0.4, -0.2) is 25.3 Å². The minimum absolute atomic E-state index is 0.185. The standard InChI is InChI=1S/C15H33NO/c1-8-11-16-13(12(4)9-2)14(17-10-3)15(5,6)7/h12-14,16H,8-11H2,1-7H3. The van der Waals surface area contributed by atoms with Crippen molar-refractivity contribution in [3.63, 3.8) is 0 Å². The van der Waals surface area contributed by atoms with E-state index in [-0.39, 0.29) is 11.5 Å². The molecule has 0 aromatic rings. The number of hydrogen-bond acceptors (Lipinski definition) is 2. The van der Waals surface area contributed by atoms with Gasteiger partial charge >= 0.3 is 0 Å². The van der Waals surface area contributed by atoms with E-state index in [0.717, 1.165) is 13.2 Å². The first-order valence-corrected chi connectivity index (χ1v) is 7.23. The molecule has 0 aromatic heterocycles. The number of hydrogen-bond donors (Lipinski definition) is 1. The van der Waals surface area contributed by atoms with Gasteiger partial charge < -0.3 is 10.1 Å². The Kier molecular flexibility index (Phi) is 8.06. The molecule has 0 saturated carbocycles. The third-order valence-electron chi connectivity index (χ3n) is 3.41. The second kappa shape index (κ2) is 8.10. The predicted octanol–water partition coefficient (Wildman–Crippen LogP) is 3.85. The second-order valence-corrected chi connectivity index (χ2v) is 6.11. The van der Waals surface area contributed by atoms with Gasteiger partial charge in [-0.25, -0.2) is 0 Å². The van der Waals surface area contributed by atoms with E-state index < -0.39 is 0 Å². The lowest BCUT2D eigenvalue weighted by molar-refractivity contribution is -0.0475. The van der Waals surface area contributed by atoms with Gasteiger partial charge in [-0.1, -0.05) is 48.0 Å². The van der Waals surface area contributed by atoms with Gasteiger partial charge in [0.05, 0.1) is 6.10 Å². The van der Waals surface area contributed by atoms with Gasteiger partial charge in [-0.15, -0.1) is 0 Å². The van der Waals surface area contributed by atoms with Crippen molar-refractivity contribution in [2.75, 3.05) is 13.2 Å². The van der Waals surface area contributed by atoms with Gasteiger partial charge in [0.2, 0.25) is 0 Å². The Morgan fingerprint density at radius 2 is 1.71 bits per heavy atom. The number of nitrogens with one attached hydrogen (secondary N) is 1. The van der Waals surface area contributed by atoms with Crippen molar-refractivity contribution in [2.24, 2.45) is 11.3 Å². The zero-order chi connectivity index (χ0) is 13.5. The molecule has 0 bridgehead atoms. The molecule has 0 aliphatic heterocycles. The summed E-state index contributed by atoms with van der Waals surface area (Å²) in [5.74, 6) is 0.650. The van der Waals surface area contributed by atoms with Crippen molar-refractivity contribution < 1.29 is 4.74 Å². The lowest BCUT2D eigenvalue weighted by atomic mass is 9.79.